The molecule has 2 aromatic carbocycles. The summed E-state index contributed by atoms with van der Waals surface area (Å²) in [6, 6.07) is 19.8. The lowest BCUT2D eigenvalue weighted by Gasteiger charge is -2.11. The Labute approximate surface area is 157 Å². The Morgan fingerprint density at radius 3 is 2.30 bits per heavy atom. The average Bonchev–Trinajstić information content (AvgIpc) is 3.11. The summed E-state index contributed by atoms with van der Waals surface area (Å²) in [4.78, 5) is 13.6. The maximum absolute atomic E-state index is 12.1. The number of rotatable bonds is 3. The highest BCUT2D eigenvalue weighted by atomic mass is 16.2. The van der Waals surface area contributed by atoms with Gasteiger partial charge in [0, 0.05) is 31.4 Å². The number of hydrogen-bond acceptors (Lipinski definition) is 3. The van der Waals surface area contributed by atoms with Crippen LogP contribution >= 0.6 is 0 Å². The number of fused-ring (bicyclic) bond motifs is 1. The highest BCUT2D eigenvalue weighted by Crippen LogP contribution is 2.25. The van der Waals surface area contributed by atoms with Crippen LogP contribution in [0.25, 0.3) is 28.2 Å². The molecule has 0 fully saturated rings. The summed E-state index contributed by atoms with van der Waals surface area (Å²) in [5.74, 6) is 0.821. The zero-order chi connectivity index (χ0) is 19.0. The van der Waals surface area contributed by atoms with Crippen LogP contribution in [0.1, 0.15) is 15.9 Å². The molecular weight excluding hydrogens is 336 g/mol. The molecule has 134 valence electrons. The van der Waals surface area contributed by atoms with E-state index in [-0.39, 0.29) is 5.91 Å². The first kappa shape index (κ1) is 17.0. The summed E-state index contributed by atoms with van der Waals surface area (Å²) < 4.78 is 2.01. The molecule has 0 bridgehead atoms. The van der Waals surface area contributed by atoms with Crippen LogP contribution in [0.15, 0.2) is 66.9 Å². The van der Waals surface area contributed by atoms with Crippen LogP contribution in [0, 0.1) is 6.92 Å². The van der Waals surface area contributed by atoms with Crippen LogP contribution in [0.2, 0.25) is 0 Å². The maximum Gasteiger partial charge on any atom is 0.253 e. The number of aromatic nitrogens is 3. The van der Waals surface area contributed by atoms with E-state index in [1.807, 2.05) is 59.1 Å². The number of pyridine rings is 1. The van der Waals surface area contributed by atoms with E-state index in [1.54, 1.807) is 19.0 Å². The Hall–Kier alpha value is -3.47. The van der Waals surface area contributed by atoms with E-state index >= 15 is 0 Å². The van der Waals surface area contributed by atoms with Gasteiger partial charge in [0.1, 0.15) is 0 Å². The van der Waals surface area contributed by atoms with Gasteiger partial charge < -0.3 is 4.90 Å². The van der Waals surface area contributed by atoms with Crippen LogP contribution in [0.3, 0.4) is 0 Å². The lowest BCUT2D eigenvalue weighted by Crippen LogP contribution is -2.21. The summed E-state index contributed by atoms with van der Waals surface area (Å²) in [6.45, 7) is 2.07. The van der Waals surface area contributed by atoms with Gasteiger partial charge >= 0.3 is 0 Å². The molecule has 0 aliphatic rings. The highest BCUT2D eigenvalue weighted by Gasteiger charge is 2.12. The van der Waals surface area contributed by atoms with Gasteiger partial charge in [-0.2, -0.15) is 0 Å². The second kappa shape index (κ2) is 6.68. The molecule has 0 aliphatic carbocycles. The zero-order valence-electron chi connectivity index (χ0n) is 15.5. The van der Waals surface area contributed by atoms with E-state index < -0.39 is 0 Å². The fourth-order valence-electron chi connectivity index (χ4n) is 3.13. The molecule has 0 N–H and O–H groups in total. The summed E-state index contributed by atoms with van der Waals surface area (Å²) in [7, 11) is 3.51. The van der Waals surface area contributed by atoms with Crippen molar-refractivity contribution >= 4 is 11.6 Å². The zero-order valence-corrected chi connectivity index (χ0v) is 15.5. The summed E-state index contributed by atoms with van der Waals surface area (Å²) in [5.41, 5.74) is 5.78. The minimum atomic E-state index is -0.00218. The van der Waals surface area contributed by atoms with Gasteiger partial charge in [-0.1, -0.05) is 36.4 Å². The first-order chi connectivity index (χ1) is 13.0. The second-order valence-electron chi connectivity index (χ2n) is 6.76. The van der Waals surface area contributed by atoms with Crippen LogP contribution < -0.4 is 0 Å². The molecule has 5 nitrogen and oxygen atoms in total. The van der Waals surface area contributed by atoms with Gasteiger partial charge in [0.2, 0.25) is 0 Å². The van der Waals surface area contributed by atoms with Crippen molar-refractivity contribution in [2.45, 2.75) is 6.92 Å². The number of amides is 1. The Balaban J connectivity index is 1.77. The topological polar surface area (TPSA) is 50.5 Å². The van der Waals surface area contributed by atoms with Gasteiger partial charge in [-0.15, -0.1) is 10.2 Å². The van der Waals surface area contributed by atoms with Crippen LogP contribution in [-0.4, -0.2) is 39.5 Å². The molecular formula is C22H20N4O. The third kappa shape index (κ3) is 3.08. The Morgan fingerprint density at radius 2 is 1.59 bits per heavy atom. The van der Waals surface area contributed by atoms with Crippen molar-refractivity contribution in [1.29, 1.82) is 0 Å². The Morgan fingerprint density at radius 1 is 0.889 bits per heavy atom. The average molecular weight is 356 g/mol. The minimum absolute atomic E-state index is 0.00218. The molecule has 2 heterocycles. The number of carbonyl (C=O) groups excluding carboxylic acids is 1. The molecule has 0 saturated carbocycles. The third-order valence-corrected chi connectivity index (χ3v) is 4.66. The van der Waals surface area contributed by atoms with E-state index in [0.29, 0.717) is 5.56 Å². The van der Waals surface area contributed by atoms with E-state index in [4.69, 9.17) is 0 Å². The largest absolute Gasteiger partial charge is 0.345 e. The maximum atomic E-state index is 12.1. The van der Waals surface area contributed by atoms with E-state index in [2.05, 4.69) is 29.3 Å². The molecule has 1 amide bonds. The van der Waals surface area contributed by atoms with Gasteiger partial charge in [0.25, 0.3) is 5.91 Å². The molecule has 0 saturated heterocycles. The van der Waals surface area contributed by atoms with Crippen LogP contribution in [-0.2, 0) is 0 Å². The van der Waals surface area contributed by atoms with Crippen molar-refractivity contribution in [3.63, 3.8) is 0 Å². The van der Waals surface area contributed by atoms with Crippen molar-refractivity contribution in [3.05, 3.63) is 78.0 Å². The van der Waals surface area contributed by atoms with E-state index in [1.165, 1.54) is 0 Å². The summed E-state index contributed by atoms with van der Waals surface area (Å²) in [6.07, 6.45) is 2.04. The molecule has 0 spiro atoms. The first-order valence-electron chi connectivity index (χ1n) is 8.77. The van der Waals surface area contributed by atoms with Crippen molar-refractivity contribution in [1.82, 2.24) is 19.5 Å². The van der Waals surface area contributed by atoms with Crippen molar-refractivity contribution in [2.24, 2.45) is 0 Å². The molecule has 5 heteroatoms. The molecule has 0 radical (unpaired) electrons. The molecule has 0 atom stereocenters. The fourth-order valence-corrected chi connectivity index (χ4v) is 3.13. The number of benzene rings is 2. The normalized spacial score (nSPS) is 10.9. The van der Waals surface area contributed by atoms with Crippen LogP contribution in [0.5, 0.6) is 0 Å². The van der Waals surface area contributed by atoms with E-state index in [9.17, 15) is 4.79 Å². The van der Waals surface area contributed by atoms with Crippen molar-refractivity contribution in [3.8, 4) is 22.5 Å². The Kier molecular flexibility index (Phi) is 4.20. The second-order valence-corrected chi connectivity index (χ2v) is 6.76. The predicted molar refractivity (Wildman–Crippen MR) is 107 cm³/mol. The third-order valence-electron chi connectivity index (χ3n) is 4.66. The molecule has 0 unspecified atom stereocenters. The molecule has 4 aromatic rings. The molecule has 27 heavy (non-hydrogen) atoms. The smallest absolute Gasteiger partial charge is 0.253 e. The van der Waals surface area contributed by atoms with Gasteiger partial charge in [0.05, 0.1) is 0 Å². The number of aryl methyl sites for hydroxylation is 1. The molecule has 2 aromatic heterocycles. The standard InChI is InChI=1S/C22H20N4O/c1-15-6-4-5-7-19(15)21-24-23-20-13-12-18(14-26(20)21)16-8-10-17(11-9-16)22(27)25(2)3/h4-14H,1-3H3. The predicted octanol–water partition coefficient (Wildman–Crippen LogP) is 4.07. The van der Waals surface area contributed by atoms with Crippen molar-refractivity contribution < 1.29 is 4.79 Å². The number of nitrogens with zero attached hydrogens (tertiary/aromatic N) is 4. The lowest BCUT2D eigenvalue weighted by molar-refractivity contribution is 0.0827. The van der Waals surface area contributed by atoms with Crippen LogP contribution in [0.4, 0.5) is 0 Å². The highest BCUT2D eigenvalue weighted by molar-refractivity contribution is 5.94. The summed E-state index contributed by atoms with van der Waals surface area (Å²) >= 11 is 0. The lowest BCUT2D eigenvalue weighted by atomic mass is 10.0. The fraction of sp³-hybridized carbons (Fsp3) is 0.136. The molecule has 0 aliphatic heterocycles. The number of hydrogen-bond donors (Lipinski definition) is 0. The van der Waals surface area contributed by atoms with Crippen molar-refractivity contribution in [2.75, 3.05) is 14.1 Å². The van der Waals surface area contributed by atoms with Gasteiger partial charge in [0.15, 0.2) is 11.5 Å². The van der Waals surface area contributed by atoms with Gasteiger partial charge in [-0.3, -0.25) is 9.20 Å². The minimum Gasteiger partial charge on any atom is -0.345 e. The number of carbonyl (C=O) groups is 1. The van der Waals surface area contributed by atoms with Gasteiger partial charge in [-0.05, 0) is 47.9 Å². The first-order valence-corrected chi connectivity index (χ1v) is 8.77. The monoisotopic (exact) mass is 356 g/mol. The van der Waals surface area contributed by atoms with Gasteiger partial charge in [-0.25, -0.2) is 0 Å². The summed E-state index contributed by atoms with van der Waals surface area (Å²) in [5, 5.41) is 8.67. The quantitative estimate of drug-likeness (QED) is 0.556. The SMILES string of the molecule is Cc1ccccc1-c1nnc2ccc(-c3ccc(C(=O)N(C)C)cc3)cn12. The Bertz CT molecular complexity index is 1130. The van der Waals surface area contributed by atoms with E-state index in [0.717, 1.165) is 33.7 Å². The molecule has 4 rings (SSSR count).